The van der Waals surface area contributed by atoms with Crippen molar-refractivity contribution >= 4 is 27.3 Å². The number of carbonyl (C=O) groups excluding carboxylic acids is 1. The Kier molecular flexibility index (Phi) is 8.31. The van der Waals surface area contributed by atoms with Gasteiger partial charge in [-0.05, 0) is 79.8 Å². The third-order valence-corrected chi connectivity index (χ3v) is 8.17. The van der Waals surface area contributed by atoms with Crippen LogP contribution in [0.3, 0.4) is 0 Å². The second kappa shape index (κ2) is 12.2. The first-order valence-electron chi connectivity index (χ1n) is 13.2. The molecule has 1 N–H and O–H groups in total. The minimum absolute atomic E-state index is 0.0192. The molecule has 9 heteroatoms. The maximum Gasteiger partial charge on any atom is 0.265 e. The van der Waals surface area contributed by atoms with Crippen LogP contribution in [0.5, 0.6) is 11.5 Å². The van der Waals surface area contributed by atoms with Crippen molar-refractivity contribution in [1.82, 2.24) is 9.71 Å². The molecule has 4 aromatic rings. The van der Waals surface area contributed by atoms with Crippen molar-refractivity contribution in [2.75, 3.05) is 12.0 Å². The number of ether oxygens (including phenoxy) is 2. The van der Waals surface area contributed by atoms with Gasteiger partial charge in [0.25, 0.3) is 15.9 Å². The molecule has 1 fully saturated rings. The summed E-state index contributed by atoms with van der Waals surface area (Å²) in [6.07, 6.45) is 7.96. The zero-order chi connectivity index (χ0) is 28.0. The summed E-state index contributed by atoms with van der Waals surface area (Å²) in [7, 11) is -2.40. The van der Waals surface area contributed by atoms with Crippen LogP contribution in [0.4, 0.5) is 11.4 Å². The van der Waals surface area contributed by atoms with E-state index in [1.165, 1.54) is 12.1 Å². The molecule has 0 spiro atoms. The van der Waals surface area contributed by atoms with Gasteiger partial charge in [-0.1, -0.05) is 30.3 Å². The normalized spacial score (nSPS) is 13.5. The van der Waals surface area contributed by atoms with Crippen molar-refractivity contribution in [3.05, 3.63) is 108 Å². The van der Waals surface area contributed by atoms with Crippen LogP contribution in [-0.2, 0) is 16.6 Å². The standard InChI is InChI=1S/C31H31N3O5S/c1-38-29-17-16-26(20-30(29)39-27-12-5-6-13-27)34(22-23-9-8-18-32-21-23)25-11-7-10-24(19-25)31(35)33-40(36,37)28-14-3-2-4-15-28/h2-4,7-11,14-21,27H,5-6,12-13,22H2,1H3,(H,33,35). The molecule has 206 valence electrons. The van der Waals surface area contributed by atoms with Gasteiger partial charge in [0.1, 0.15) is 0 Å². The third-order valence-electron chi connectivity index (χ3n) is 6.82. The SMILES string of the molecule is COc1ccc(N(Cc2cccnc2)c2cccc(C(=O)NS(=O)(=O)c3ccccc3)c2)cc1OC1CCCC1. The lowest BCUT2D eigenvalue weighted by molar-refractivity contribution is 0.0981. The van der Waals surface area contributed by atoms with Crippen molar-refractivity contribution in [3.8, 4) is 11.5 Å². The summed E-state index contributed by atoms with van der Waals surface area (Å²) in [6.45, 7) is 0.455. The molecule has 1 aromatic heterocycles. The lowest BCUT2D eigenvalue weighted by atomic mass is 10.1. The lowest BCUT2D eigenvalue weighted by Crippen LogP contribution is -2.30. The first-order valence-corrected chi connectivity index (χ1v) is 14.6. The molecular formula is C31H31N3O5S. The topological polar surface area (TPSA) is 97.8 Å². The summed E-state index contributed by atoms with van der Waals surface area (Å²) in [5, 5.41) is 0. The molecule has 0 atom stereocenters. The zero-order valence-corrected chi connectivity index (χ0v) is 23.0. The van der Waals surface area contributed by atoms with Gasteiger partial charge in [-0.25, -0.2) is 13.1 Å². The van der Waals surface area contributed by atoms with Gasteiger partial charge in [-0.3, -0.25) is 9.78 Å². The van der Waals surface area contributed by atoms with E-state index in [0.29, 0.717) is 23.7 Å². The molecule has 1 heterocycles. The van der Waals surface area contributed by atoms with Gasteiger partial charge in [0.15, 0.2) is 11.5 Å². The quantitative estimate of drug-likeness (QED) is 0.260. The Morgan fingerprint density at radius 3 is 2.42 bits per heavy atom. The molecule has 1 aliphatic rings. The molecule has 40 heavy (non-hydrogen) atoms. The number of nitrogens with zero attached hydrogens (tertiary/aromatic N) is 2. The highest BCUT2D eigenvalue weighted by Gasteiger charge is 2.22. The first-order chi connectivity index (χ1) is 19.4. The van der Waals surface area contributed by atoms with E-state index < -0.39 is 15.9 Å². The van der Waals surface area contributed by atoms with E-state index in [4.69, 9.17) is 9.47 Å². The van der Waals surface area contributed by atoms with Gasteiger partial charge in [0, 0.05) is 41.9 Å². The monoisotopic (exact) mass is 557 g/mol. The number of sulfonamides is 1. The Balaban J connectivity index is 1.48. The van der Waals surface area contributed by atoms with E-state index in [1.54, 1.807) is 55.9 Å². The van der Waals surface area contributed by atoms with Gasteiger partial charge in [0.05, 0.1) is 18.1 Å². The van der Waals surface area contributed by atoms with Gasteiger partial charge >= 0.3 is 0 Å². The van der Waals surface area contributed by atoms with Crippen molar-refractivity contribution in [3.63, 3.8) is 0 Å². The van der Waals surface area contributed by atoms with Crippen molar-refractivity contribution in [2.24, 2.45) is 0 Å². The molecule has 5 rings (SSSR count). The summed E-state index contributed by atoms with van der Waals surface area (Å²) in [4.78, 5) is 19.4. The number of rotatable bonds is 10. The summed E-state index contributed by atoms with van der Waals surface area (Å²) in [5.41, 5.74) is 2.69. The highest BCUT2D eigenvalue weighted by molar-refractivity contribution is 7.90. The predicted molar refractivity (Wildman–Crippen MR) is 153 cm³/mol. The Labute approximate surface area is 234 Å². The second-order valence-electron chi connectivity index (χ2n) is 9.60. The van der Waals surface area contributed by atoms with Gasteiger partial charge in [-0.15, -0.1) is 0 Å². The maximum absolute atomic E-state index is 13.1. The lowest BCUT2D eigenvalue weighted by Gasteiger charge is -2.27. The Morgan fingerprint density at radius 1 is 0.925 bits per heavy atom. The van der Waals surface area contributed by atoms with Crippen LogP contribution in [0.1, 0.15) is 41.6 Å². The van der Waals surface area contributed by atoms with Gasteiger partial charge < -0.3 is 14.4 Å². The smallest absolute Gasteiger partial charge is 0.265 e. The minimum atomic E-state index is -4.02. The van der Waals surface area contributed by atoms with Crippen LogP contribution in [0.15, 0.2) is 102 Å². The van der Waals surface area contributed by atoms with E-state index in [2.05, 4.69) is 9.71 Å². The molecule has 8 nitrogen and oxygen atoms in total. The predicted octanol–water partition coefficient (Wildman–Crippen LogP) is 5.87. The molecule has 1 amide bonds. The fraction of sp³-hybridized carbons (Fsp3) is 0.226. The average Bonchev–Trinajstić information content (AvgIpc) is 3.50. The van der Waals surface area contributed by atoms with Gasteiger partial charge in [0.2, 0.25) is 0 Å². The number of carbonyl (C=O) groups is 1. The van der Waals surface area contributed by atoms with Crippen LogP contribution in [-0.4, -0.2) is 32.5 Å². The van der Waals surface area contributed by atoms with E-state index >= 15 is 0 Å². The number of anilines is 2. The number of hydrogen-bond acceptors (Lipinski definition) is 7. The van der Waals surface area contributed by atoms with E-state index in [9.17, 15) is 13.2 Å². The van der Waals surface area contributed by atoms with Crippen molar-refractivity contribution in [1.29, 1.82) is 0 Å². The number of methoxy groups -OCH3 is 1. The Bertz CT molecular complexity index is 1560. The highest BCUT2D eigenvalue weighted by Crippen LogP contribution is 2.38. The average molecular weight is 558 g/mol. The fourth-order valence-corrected chi connectivity index (χ4v) is 5.77. The van der Waals surface area contributed by atoms with E-state index in [0.717, 1.165) is 36.9 Å². The third kappa shape index (κ3) is 6.43. The summed E-state index contributed by atoms with van der Waals surface area (Å²) >= 11 is 0. The largest absolute Gasteiger partial charge is 0.493 e. The molecular weight excluding hydrogens is 526 g/mol. The number of amides is 1. The molecule has 0 bridgehead atoms. The number of pyridine rings is 1. The Hall–Kier alpha value is -4.37. The molecule has 3 aromatic carbocycles. The van der Waals surface area contributed by atoms with Crippen LogP contribution < -0.4 is 19.1 Å². The van der Waals surface area contributed by atoms with Crippen LogP contribution in [0, 0.1) is 0 Å². The number of benzene rings is 3. The molecule has 0 unspecified atom stereocenters. The van der Waals surface area contributed by atoms with Crippen molar-refractivity contribution < 1.29 is 22.7 Å². The van der Waals surface area contributed by atoms with Crippen LogP contribution in [0.25, 0.3) is 0 Å². The van der Waals surface area contributed by atoms with Crippen LogP contribution in [0.2, 0.25) is 0 Å². The van der Waals surface area contributed by atoms with E-state index in [1.807, 2.05) is 41.3 Å². The molecule has 1 saturated carbocycles. The molecule has 0 aliphatic heterocycles. The highest BCUT2D eigenvalue weighted by atomic mass is 32.2. The summed E-state index contributed by atoms with van der Waals surface area (Å²) in [6, 6.07) is 24.3. The summed E-state index contributed by atoms with van der Waals surface area (Å²) < 4.78 is 39.6. The fourth-order valence-electron chi connectivity index (χ4n) is 4.77. The summed E-state index contributed by atoms with van der Waals surface area (Å²) in [5.74, 6) is 0.592. The minimum Gasteiger partial charge on any atom is -0.493 e. The Morgan fingerprint density at radius 2 is 1.70 bits per heavy atom. The maximum atomic E-state index is 13.1. The van der Waals surface area contributed by atoms with Gasteiger partial charge in [-0.2, -0.15) is 0 Å². The first kappa shape index (κ1) is 27.2. The van der Waals surface area contributed by atoms with E-state index in [-0.39, 0.29) is 16.6 Å². The number of hydrogen-bond donors (Lipinski definition) is 1. The zero-order valence-electron chi connectivity index (χ0n) is 22.2. The second-order valence-corrected chi connectivity index (χ2v) is 11.3. The molecule has 1 aliphatic carbocycles. The molecule has 0 radical (unpaired) electrons. The van der Waals surface area contributed by atoms with Crippen molar-refractivity contribution in [2.45, 2.75) is 43.2 Å². The van der Waals surface area contributed by atoms with Crippen LogP contribution >= 0.6 is 0 Å². The number of nitrogens with one attached hydrogen (secondary N) is 1. The number of aromatic nitrogens is 1. The molecule has 0 saturated heterocycles.